The number of ether oxygens (including phenoxy) is 1. The molecule has 1 saturated heterocycles. The third-order valence-corrected chi connectivity index (χ3v) is 4.22. The second-order valence-corrected chi connectivity index (χ2v) is 6.04. The van der Waals surface area contributed by atoms with Crippen LogP contribution in [0.2, 0.25) is 0 Å². The van der Waals surface area contributed by atoms with Crippen LogP contribution in [-0.2, 0) is 20.9 Å². The summed E-state index contributed by atoms with van der Waals surface area (Å²) in [6, 6.07) is 5.84. The maximum atomic E-state index is 12.9. The largest absolute Gasteiger partial charge is 0.455 e. The van der Waals surface area contributed by atoms with Crippen LogP contribution in [0.15, 0.2) is 34.9 Å². The van der Waals surface area contributed by atoms with Gasteiger partial charge in [-0.05, 0) is 37.1 Å². The molecule has 25 heavy (non-hydrogen) atoms. The highest BCUT2D eigenvalue weighted by molar-refractivity contribution is 5.76. The fraction of sp³-hybridized carbons (Fsp3) is 0.389. The lowest BCUT2D eigenvalue weighted by atomic mass is 9.98. The Bertz CT molecular complexity index is 757. The van der Waals surface area contributed by atoms with Crippen molar-refractivity contribution in [3.05, 3.63) is 42.2 Å². The van der Waals surface area contributed by atoms with Crippen LogP contribution in [0.5, 0.6) is 0 Å². The van der Waals surface area contributed by atoms with Crippen LogP contribution in [0.1, 0.15) is 25.7 Å². The summed E-state index contributed by atoms with van der Waals surface area (Å²) in [4.78, 5) is 29.3. The fourth-order valence-electron chi connectivity index (χ4n) is 2.83. The van der Waals surface area contributed by atoms with E-state index < -0.39 is 0 Å². The Morgan fingerprint density at radius 1 is 1.36 bits per heavy atom. The van der Waals surface area contributed by atoms with E-state index in [2.05, 4.69) is 4.98 Å². The predicted octanol–water partition coefficient (Wildman–Crippen LogP) is 2.78. The number of rotatable bonds is 4. The molecule has 2 aromatic rings. The average molecular weight is 346 g/mol. The van der Waals surface area contributed by atoms with Crippen molar-refractivity contribution in [2.24, 2.45) is 5.92 Å². The summed E-state index contributed by atoms with van der Waals surface area (Å²) in [5.74, 6) is -0.284. The number of amides is 1. The first-order valence-corrected chi connectivity index (χ1v) is 8.15. The molecule has 0 unspecified atom stereocenters. The Kier molecular flexibility index (Phi) is 5.11. The molecule has 0 saturated carbocycles. The minimum Gasteiger partial charge on any atom is -0.455 e. The molecule has 1 aliphatic rings. The minimum atomic E-state index is -0.354. The molecule has 1 fully saturated rings. The van der Waals surface area contributed by atoms with Crippen LogP contribution in [0.25, 0.3) is 11.3 Å². The number of hydrogen-bond acceptors (Lipinski definition) is 5. The van der Waals surface area contributed by atoms with Gasteiger partial charge in [0.25, 0.3) is 0 Å². The summed E-state index contributed by atoms with van der Waals surface area (Å²) in [6.45, 7) is 2.49. The molecule has 6 nitrogen and oxygen atoms in total. The van der Waals surface area contributed by atoms with E-state index in [9.17, 15) is 14.0 Å². The van der Waals surface area contributed by atoms with Gasteiger partial charge in [-0.25, -0.2) is 9.37 Å². The van der Waals surface area contributed by atoms with Crippen molar-refractivity contribution in [3.63, 3.8) is 0 Å². The number of oxazole rings is 1. The predicted molar refractivity (Wildman–Crippen MR) is 86.7 cm³/mol. The molecule has 1 aliphatic heterocycles. The quantitative estimate of drug-likeness (QED) is 0.796. The number of carbonyl (C=O) groups excluding carboxylic acids is 2. The minimum absolute atomic E-state index is 0.0332. The Hall–Kier alpha value is -2.70. The van der Waals surface area contributed by atoms with Crippen LogP contribution in [0.3, 0.4) is 0 Å². The number of likely N-dealkylation sites (tertiary alicyclic amines) is 1. The van der Waals surface area contributed by atoms with Gasteiger partial charge in [0.15, 0.2) is 12.4 Å². The van der Waals surface area contributed by atoms with Gasteiger partial charge in [0.05, 0.1) is 12.1 Å². The highest BCUT2D eigenvalue weighted by Crippen LogP contribution is 2.22. The third-order valence-electron chi connectivity index (χ3n) is 4.22. The van der Waals surface area contributed by atoms with Gasteiger partial charge >= 0.3 is 5.97 Å². The van der Waals surface area contributed by atoms with E-state index >= 15 is 0 Å². The molecule has 0 bridgehead atoms. The number of piperidine rings is 1. The van der Waals surface area contributed by atoms with Crippen molar-refractivity contribution < 1.29 is 23.1 Å². The van der Waals surface area contributed by atoms with Crippen molar-refractivity contribution in [1.82, 2.24) is 9.88 Å². The topological polar surface area (TPSA) is 72.6 Å². The Labute approximate surface area is 144 Å². The lowest BCUT2D eigenvalue weighted by molar-refractivity contribution is -0.153. The van der Waals surface area contributed by atoms with E-state index in [-0.39, 0.29) is 36.1 Å². The molecule has 1 aromatic heterocycles. The SMILES string of the molecule is CC(=O)N1CCC[C@@H](C(=O)OCc2ncc(-c3ccc(F)cc3)o2)C1. The third kappa shape index (κ3) is 4.23. The highest BCUT2D eigenvalue weighted by atomic mass is 19.1. The summed E-state index contributed by atoms with van der Waals surface area (Å²) in [5.41, 5.74) is 0.691. The molecular weight excluding hydrogens is 327 g/mol. The molecular formula is C18H19FN2O4. The molecule has 0 N–H and O–H groups in total. The smallest absolute Gasteiger partial charge is 0.311 e. The summed E-state index contributed by atoms with van der Waals surface area (Å²) in [5, 5.41) is 0. The van der Waals surface area contributed by atoms with E-state index in [0.29, 0.717) is 30.8 Å². The second kappa shape index (κ2) is 7.46. The summed E-state index contributed by atoms with van der Waals surface area (Å²) >= 11 is 0. The van der Waals surface area contributed by atoms with Crippen LogP contribution in [0.4, 0.5) is 4.39 Å². The summed E-state index contributed by atoms with van der Waals surface area (Å²) < 4.78 is 23.7. The maximum Gasteiger partial charge on any atom is 0.311 e. The second-order valence-electron chi connectivity index (χ2n) is 6.04. The molecule has 1 aromatic carbocycles. The normalized spacial score (nSPS) is 17.4. The molecule has 0 radical (unpaired) electrons. The van der Waals surface area contributed by atoms with Crippen molar-refractivity contribution >= 4 is 11.9 Å². The van der Waals surface area contributed by atoms with Crippen molar-refractivity contribution in [2.45, 2.75) is 26.4 Å². The molecule has 0 spiro atoms. The van der Waals surface area contributed by atoms with E-state index in [0.717, 1.165) is 6.42 Å². The molecule has 7 heteroatoms. The Balaban J connectivity index is 1.56. The lowest BCUT2D eigenvalue weighted by Gasteiger charge is -2.30. The van der Waals surface area contributed by atoms with E-state index in [4.69, 9.17) is 9.15 Å². The molecule has 1 amide bonds. The number of halogens is 1. The van der Waals surface area contributed by atoms with Crippen molar-refractivity contribution in [3.8, 4) is 11.3 Å². The molecule has 2 heterocycles. The zero-order valence-electron chi connectivity index (χ0n) is 13.9. The van der Waals surface area contributed by atoms with Crippen molar-refractivity contribution in [1.29, 1.82) is 0 Å². The summed E-state index contributed by atoms with van der Waals surface area (Å²) in [6.07, 6.45) is 3.00. The van der Waals surface area contributed by atoms with Gasteiger partial charge in [-0.2, -0.15) is 0 Å². The van der Waals surface area contributed by atoms with Crippen LogP contribution >= 0.6 is 0 Å². The zero-order valence-corrected chi connectivity index (χ0v) is 13.9. The standard InChI is InChI=1S/C18H19FN2O4/c1-12(22)21-8-2-3-14(10-21)18(23)24-11-17-20-9-16(25-17)13-4-6-15(19)7-5-13/h4-7,9,14H,2-3,8,10-11H2,1H3/t14-/m1/s1. The zero-order chi connectivity index (χ0) is 17.8. The first-order valence-electron chi connectivity index (χ1n) is 8.15. The van der Waals surface area contributed by atoms with Gasteiger partial charge in [0, 0.05) is 25.6 Å². The lowest BCUT2D eigenvalue weighted by Crippen LogP contribution is -2.41. The molecule has 0 aliphatic carbocycles. The number of esters is 1. The summed E-state index contributed by atoms with van der Waals surface area (Å²) in [7, 11) is 0. The molecule has 3 rings (SSSR count). The highest BCUT2D eigenvalue weighted by Gasteiger charge is 2.28. The number of aromatic nitrogens is 1. The maximum absolute atomic E-state index is 12.9. The van der Waals surface area contributed by atoms with Crippen molar-refractivity contribution in [2.75, 3.05) is 13.1 Å². The van der Waals surface area contributed by atoms with E-state index in [1.165, 1.54) is 25.3 Å². The van der Waals surface area contributed by atoms with Gasteiger partial charge in [-0.15, -0.1) is 0 Å². The van der Waals surface area contributed by atoms with Crippen LogP contribution in [-0.4, -0.2) is 34.8 Å². The van der Waals surface area contributed by atoms with Crippen LogP contribution in [0, 0.1) is 11.7 Å². The monoisotopic (exact) mass is 346 g/mol. The average Bonchev–Trinajstić information content (AvgIpc) is 3.09. The van der Waals surface area contributed by atoms with Gasteiger partial charge in [-0.3, -0.25) is 9.59 Å². The van der Waals surface area contributed by atoms with Gasteiger partial charge < -0.3 is 14.1 Å². The van der Waals surface area contributed by atoms with Gasteiger partial charge in [0.1, 0.15) is 5.82 Å². The van der Waals surface area contributed by atoms with E-state index in [1.54, 1.807) is 17.0 Å². The Morgan fingerprint density at radius 2 is 2.12 bits per heavy atom. The van der Waals surface area contributed by atoms with Gasteiger partial charge in [0.2, 0.25) is 11.8 Å². The first kappa shape index (κ1) is 17.1. The number of benzene rings is 1. The number of hydrogen-bond donors (Lipinski definition) is 0. The van der Waals surface area contributed by atoms with E-state index in [1.807, 2.05) is 0 Å². The number of carbonyl (C=O) groups is 2. The molecule has 132 valence electrons. The van der Waals surface area contributed by atoms with Gasteiger partial charge in [-0.1, -0.05) is 0 Å². The first-order chi connectivity index (χ1) is 12.0. The number of nitrogens with zero attached hydrogens (tertiary/aromatic N) is 2. The van der Waals surface area contributed by atoms with Crippen LogP contribution < -0.4 is 0 Å². The molecule has 1 atom stereocenters. The fourth-order valence-corrected chi connectivity index (χ4v) is 2.83. The Morgan fingerprint density at radius 3 is 2.84 bits per heavy atom.